The number of methoxy groups -OCH3 is 1. The number of nitrogens with zero attached hydrogens (tertiary/aromatic N) is 2. The van der Waals surface area contributed by atoms with E-state index in [2.05, 4.69) is 19.4 Å². The fourth-order valence-electron chi connectivity index (χ4n) is 5.01. The molecule has 1 saturated heterocycles. The number of hydrogen-bond donors (Lipinski definition) is 4. The van der Waals surface area contributed by atoms with Crippen LogP contribution < -0.4 is 14.2 Å². The number of aliphatic hydroxyl groups excluding tert-OH is 3. The normalized spacial score (nSPS) is 23.5. The van der Waals surface area contributed by atoms with Crippen molar-refractivity contribution in [3.05, 3.63) is 63.7 Å². The molecule has 2 aromatic heterocycles. The summed E-state index contributed by atoms with van der Waals surface area (Å²) in [5.74, 6) is -2.97. The molecule has 1 aliphatic heterocycles. The van der Waals surface area contributed by atoms with Crippen LogP contribution in [0.3, 0.4) is 0 Å². The molecule has 3 aromatic rings. The summed E-state index contributed by atoms with van der Waals surface area (Å²) < 4.78 is 134. The number of carbonyl (C=O) groups excluding carboxylic acids is 1. The lowest BCUT2D eigenvalue weighted by Gasteiger charge is -2.38. The monoisotopic (exact) mass is 760 g/mol. The first-order valence-corrected chi connectivity index (χ1v) is 15.6. The van der Waals surface area contributed by atoms with E-state index in [1.165, 1.54) is 30.5 Å². The number of halogens is 8. The van der Waals surface area contributed by atoms with E-state index in [0.717, 1.165) is 19.4 Å². The van der Waals surface area contributed by atoms with E-state index in [9.17, 15) is 60.3 Å². The predicted octanol–water partition coefficient (Wildman–Crippen LogP) is 3.73. The van der Waals surface area contributed by atoms with E-state index < -0.39 is 72.2 Å². The number of carbonyl (C=O) groups is 1. The number of alkyl halides is 8. The van der Waals surface area contributed by atoms with E-state index in [1.54, 1.807) is 0 Å². The average molecular weight is 761 g/mol. The van der Waals surface area contributed by atoms with Crippen LogP contribution >= 0.6 is 11.3 Å². The molecular weight excluding hydrogens is 732 g/mol. The fourth-order valence-corrected chi connectivity index (χ4v) is 6.18. The van der Waals surface area contributed by atoms with Gasteiger partial charge in [0.15, 0.2) is 17.6 Å². The zero-order valence-electron chi connectivity index (χ0n) is 25.8. The van der Waals surface area contributed by atoms with Gasteiger partial charge in [0.2, 0.25) is 12.2 Å². The van der Waals surface area contributed by atoms with Crippen molar-refractivity contribution < 1.29 is 84.0 Å². The minimum absolute atomic E-state index is 0.0704. The molecule has 0 radical (unpaired) electrons. The highest BCUT2D eigenvalue weighted by Crippen LogP contribution is 2.52. The Labute approximate surface area is 286 Å². The molecule has 1 saturated carbocycles. The summed E-state index contributed by atoms with van der Waals surface area (Å²) in [6, 6.07) is 6.20. The number of esters is 1. The molecule has 4 N–H and O–H groups in total. The standard InChI is InChI=1S/C30H28F8N2O10S/c1-46-24(44)23-21(42)20(41)22(43)25(50-23)49-19-7-2-12(10-39-19)8-15(13-3-6-16(48-27(31)32)17(9-13)47-14-4-5-14)18-11-40-26(51-18)28(45,29(33,34)35)30(36,37)38/h2-3,6-7,9-11,14-15,20-23,25,27,41-43,45H,4-5,8H2,1H3/t15-,20?,21-,22+,23?,25+/m0/s1. The van der Waals surface area contributed by atoms with Gasteiger partial charge in [-0.15, -0.1) is 11.3 Å². The van der Waals surface area contributed by atoms with E-state index in [1.807, 2.05) is 0 Å². The maximum absolute atomic E-state index is 13.7. The van der Waals surface area contributed by atoms with Gasteiger partial charge in [0.1, 0.15) is 23.3 Å². The molecular formula is C30H28F8N2O10S. The molecule has 12 nitrogen and oxygen atoms in total. The van der Waals surface area contributed by atoms with Crippen LogP contribution in [-0.4, -0.2) is 99.2 Å². The molecule has 1 aliphatic carbocycles. The Hall–Kier alpha value is -3.89. The van der Waals surface area contributed by atoms with Crippen molar-refractivity contribution in [2.75, 3.05) is 7.11 Å². The van der Waals surface area contributed by atoms with E-state index in [0.29, 0.717) is 12.8 Å². The van der Waals surface area contributed by atoms with Gasteiger partial charge in [-0.1, -0.05) is 12.1 Å². The molecule has 280 valence electrons. The van der Waals surface area contributed by atoms with Gasteiger partial charge in [-0.25, -0.2) is 14.8 Å². The molecule has 6 atom stereocenters. The third kappa shape index (κ3) is 8.12. The number of aromatic nitrogens is 2. The lowest BCUT2D eigenvalue weighted by molar-refractivity contribution is -0.376. The highest BCUT2D eigenvalue weighted by atomic mass is 32.1. The summed E-state index contributed by atoms with van der Waals surface area (Å²) in [7, 11) is 0.992. The highest BCUT2D eigenvalue weighted by Gasteiger charge is 2.73. The van der Waals surface area contributed by atoms with Gasteiger partial charge in [0, 0.05) is 29.3 Å². The quantitative estimate of drug-likeness (QED) is 0.156. The van der Waals surface area contributed by atoms with Gasteiger partial charge in [0.05, 0.1) is 13.2 Å². The van der Waals surface area contributed by atoms with Crippen LogP contribution in [0.15, 0.2) is 42.7 Å². The van der Waals surface area contributed by atoms with Crippen LogP contribution in [0.4, 0.5) is 35.1 Å². The first kappa shape index (κ1) is 38.3. The zero-order chi connectivity index (χ0) is 37.5. The van der Waals surface area contributed by atoms with Gasteiger partial charge in [-0.2, -0.15) is 35.1 Å². The molecule has 0 amide bonds. The van der Waals surface area contributed by atoms with E-state index in [4.69, 9.17) is 14.2 Å². The SMILES string of the molecule is COC(=O)C1O[C@@H](Oc2ccc(C[C@@H](c3ccc(OC(F)F)c(OC4CC4)c3)c3cnc(C(O)(C(F)(F)F)C(F)(F)F)s3)cn2)[C@H](O)C(O)[C@@H]1O. The number of aliphatic hydroxyl groups is 4. The lowest BCUT2D eigenvalue weighted by Crippen LogP contribution is -2.61. The second-order valence-electron chi connectivity index (χ2n) is 11.5. The Morgan fingerprint density at radius 2 is 1.63 bits per heavy atom. The third-order valence-electron chi connectivity index (χ3n) is 7.88. The summed E-state index contributed by atoms with van der Waals surface area (Å²) >= 11 is -0.0704. The number of pyridine rings is 1. The number of benzene rings is 1. The molecule has 1 aromatic carbocycles. The van der Waals surface area contributed by atoms with Crippen molar-refractivity contribution in [2.24, 2.45) is 0 Å². The molecule has 2 aliphatic rings. The van der Waals surface area contributed by atoms with Gasteiger partial charge >= 0.3 is 30.5 Å². The van der Waals surface area contributed by atoms with Gasteiger partial charge < -0.3 is 44.1 Å². The number of thiazole rings is 1. The topological polar surface area (TPSA) is 170 Å². The summed E-state index contributed by atoms with van der Waals surface area (Å²) in [6.45, 7) is -3.24. The molecule has 2 fully saturated rings. The van der Waals surface area contributed by atoms with Crippen LogP contribution in [0.25, 0.3) is 0 Å². The number of hydrogen-bond acceptors (Lipinski definition) is 13. The maximum atomic E-state index is 13.7. The van der Waals surface area contributed by atoms with Gasteiger partial charge in [-0.3, -0.25) is 0 Å². The Bertz CT molecular complexity index is 1660. The van der Waals surface area contributed by atoms with Crippen LogP contribution in [0, 0.1) is 0 Å². The molecule has 0 spiro atoms. The Balaban J connectivity index is 1.47. The van der Waals surface area contributed by atoms with Crippen LogP contribution in [0.2, 0.25) is 0 Å². The van der Waals surface area contributed by atoms with Crippen molar-refractivity contribution >= 4 is 17.3 Å². The van der Waals surface area contributed by atoms with Crippen LogP contribution in [-0.2, 0) is 26.3 Å². The summed E-state index contributed by atoms with van der Waals surface area (Å²) in [5, 5.41) is 38.8. The fraction of sp³-hybridized carbons (Fsp3) is 0.500. The Morgan fingerprint density at radius 1 is 0.941 bits per heavy atom. The summed E-state index contributed by atoms with van der Waals surface area (Å²) in [4.78, 5) is 19.1. The predicted molar refractivity (Wildman–Crippen MR) is 154 cm³/mol. The number of ether oxygens (including phenoxy) is 5. The Kier molecular flexibility index (Phi) is 11.0. The van der Waals surface area contributed by atoms with Crippen LogP contribution in [0.1, 0.15) is 39.8 Å². The van der Waals surface area contributed by atoms with Crippen molar-refractivity contribution in [3.63, 3.8) is 0 Å². The molecule has 2 unspecified atom stereocenters. The van der Waals surface area contributed by atoms with Crippen molar-refractivity contribution in [3.8, 4) is 17.4 Å². The van der Waals surface area contributed by atoms with E-state index >= 15 is 0 Å². The zero-order valence-corrected chi connectivity index (χ0v) is 26.7. The molecule has 3 heterocycles. The van der Waals surface area contributed by atoms with E-state index in [-0.39, 0.29) is 57.2 Å². The van der Waals surface area contributed by atoms with Gasteiger partial charge in [0.25, 0.3) is 0 Å². The van der Waals surface area contributed by atoms with Crippen molar-refractivity contribution in [1.82, 2.24) is 9.97 Å². The third-order valence-corrected chi connectivity index (χ3v) is 9.10. The maximum Gasteiger partial charge on any atom is 0.433 e. The first-order valence-electron chi connectivity index (χ1n) is 14.8. The first-order chi connectivity index (χ1) is 23.8. The average Bonchev–Trinajstić information content (AvgIpc) is 3.75. The summed E-state index contributed by atoms with van der Waals surface area (Å²) in [5.41, 5.74) is -4.84. The smallest absolute Gasteiger partial charge is 0.433 e. The minimum atomic E-state index is -6.20. The van der Waals surface area contributed by atoms with Gasteiger partial charge in [-0.05, 0) is 42.5 Å². The molecule has 51 heavy (non-hydrogen) atoms. The lowest BCUT2D eigenvalue weighted by atomic mass is 9.91. The minimum Gasteiger partial charge on any atom is -0.487 e. The second-order valence-corrected chi connectivity index (χ2v) is 12.5. The summed E-state index contributed by atoms with van der Waals surface area (Å²) in [6.07, 6.45) is -18.9. The van der Waals surface area contributed by atoms with Crippen molar-refractivity contribution in [2.45, 2.75) is 86.6 Å². The van der Waals surface area contributed by atoms with Crippen LogP contribution in [0.5, 0.6) is 17.4 Å². The highest BCUT2D eigenvalue weighted by molar-refractivity contribution is 7.11. The number of rotatable bonds is 12. The Morgan fingerprint density at radius 3 is 2.20 bits per heavy atom. The van der Waals surface area contributed by atoms with Crippen molar-refractivity contribution in [1.29, 1.82) is 0 Å². The largest absolute Gasteiger partial charge is 0.487 e. The molecule has 5 rings (SSSR count). The molecule has 0 bridgehead atoms. The molecule has 21 heteroatoms. The second kappa shape index (κ2) is 14.6.